The Morgan fingerprint density at radius 1 is 1.36 bits per heavy atom. The van der Waals surface area contributed by atoms with Crippen LogP contribution in [-0.2, 0) is 4.79 Å². The number of aliphatic imine (C=N–C) groups is 1. The van der Waals surface area contributed by atoms with Crippen molar-refractivity contribution in [2.45, 2.75) is 51.2 Å². The van der Waals surface area contributed by atoms with Crippen LogP contribution < -0.4 is 16.0 Å². The zero-order valence-corrected chi connectivity index (χ0v) is 16.1. The molecule has 6 nitrogen and oxygen atoms in total. The number of rotatable bonds is 7. The molecule has 1 aliphatic carbocycles. The average molecular weight is 387 g/mol. The van der Waals surface area contributed by atoms with Crippen LogP contribution in [0.1, 0.15) is 50.0 Å². The number of thiophene rings is 1. The second-order valence-corrected chi connectivity index (χ2v) is 7.88. The first-order valence-corrected chi connectivity index (χ1v) is 10.0. The van der Waals surface area contributed by atoms with E-state index in [1.165, 1.54) is 30.6 Å². The van der Waals surface area contributed by atoms with Crippen molar-refractivity contribution >= 4 is 34.8 Å². The van der Waals surface area contributed by atoms with Gasteiger partial charge in [-0.3, -0.25) is 4.79 Å². The van der Waals surface area contributed by atoms with Crippen molar-refractivity contribution in [1.29, 1.82) is 0 Å². The maximum atomic E-state index is 12.0. The van der Waals surface area contributed by atoms with Crippen molar-refractivity contribution in [2.75, 3.05) is 19.6 Å². The molecule has 0 aliphatic heterocycles. The van der Waals surface area contributed by atoms with Crippen LogP contribution in [-0.4, -0.2) is 42.6 Å². The molecule has 1 amide bonds. The molecule has 2 rings (SSSR count). The Hall–Kier alpha value is -1.31. The van der Waals surface area contributed by atoms with E-state index >= 15 is 0 Å². The van der Waals surface area contributed by atoms with E-state index in [1.54, 1.807) is 12.1 Å². The van der Waals surface area contributed by atoms with Gasteiger partial charge in [0, 0.05) is 24.0 Å². The first kappa shape index (κ1) is 20.0. The van der Waals surface area contributed by atoms with Crippen molar-refractivity contribution in [3.8, 4) is 0 Å². The number of nitrogens with zero attached hydrogens (tertiary/aromatic N) is 1. The van der Waals surface area contributed by atoms with Gasteiger partial charge in [-0.05, 0) is 31.9 Å². The van der Waals surface area contributed by atoms with Gasteiger partial charge in [0.25, 0.3) is 0 Å². The van der Waals surface area contributed by atoms with Gasteiger partial charge < -0.3 is 21.1 Å². The summed E-state index contributed by atoms with van der Waals surface area (Å²) in [6.07, 6.45) is 5.08. The Bertz CT molecular complexity index is 573. The van der Waals surface area contributed by atoms with Crippen LogP contribution in [0.15, 0.2) is 17.1 Å². The molecule has 0 radical (unpaired) electrons. The molecule has 1 aromatic heterocycles. The molecule has 1 aliphatic rings. The fourth-order valence-electron chi connectivity index (χ4n) is 2.81. The highest BCUT2D eigenvalue weighted by Gasteiger charge is 2.15. The summed E-state index contributed by atoms with van der Waals surface area (Å²) in [5.41, 5.74) is 0. The molecular weight excluding hydrogens is 360 g/mol. The van der Waals surface area contributed by atoms with Gasteiger partial charge in [0.15, 0.2) is 5.96 Å². The molecule has 4 N–H and O–H groups in total. The van der Waals surface area contributed by atoms with Crippen LogP contribution in [0.5, 0.6) is 0 Å². The Kier molecular flexibility index (Phi) is 8.51. The molecule has 1 saturated carbocycles. The van der Waals surface area contributed by atoms with E-state index in [9.17, 15) is 9.90 Å². The fraction of sp³-hybridized carbons (Fsp3) is 0.647. The van der Waals surface area contributed by atoms with Crippen LogP contribution in [0.4, 0.5) is 0 Å². The minimum Gasteiger partial charge on any atom is -0.386 e. The van der Waals surface area contributed by atoms with E-state index in [-0.39, 0.29) is 18.5 Å². The lowest BCUT2D eigenvalue weighted by molar-refractivity contribution is -0.120. The number of carbonyl (C=O) groups excluding carboxylic acids is 1. The third-order valence-corrected chi connectivity index (χ3v) is 5.41. The number of guanidine groups is 1. The maximum Gasteiger partial charge on any atom is 0.242 e. The van der Waals surface area contributed by atoms with E-state index in [2.05, 4.69) is 20.9 Å². The van der Waals surface area contributed by atoms with Crippen molar-refractivity contribution < 1.29 is 9.90 Å². The maximum absolute atomic E-state index is 12.0. The number of aliphatic hydroxyl groups excluding tert-OH is 1. The van der Waals surface area contributed by atoms with E-state index in [4.69, 9.17) is 11.6 Å². The smallest absolute Gasteiger partial charge is 0.242 e. The van der Waals surface area contributed by atoms with Crippen LogP contribution in [0.25, 0.3) is 0 Å². The van der Waals surface area contributed by atoms with Crippen LogP contribution >= 0.6 is 22.9 Å². The zero-order valence-electron chi connectivity index (χ0n) is 14.6. The predicted octanol–water partition coefficient (Wildman–Crippen LogP) is 2.44. The molecule has 0 saturated heterocycles. The zero-order chi connectivity index (χ0) is 18.1. The monoisotopic (exact) mass is 386 g/mol. The van der Waals surface area contributed by atoms with Crippen molar-refractivity contribution in [3.05, 3.63) is 21.3 Å². The number of hydrogen-bond donors (Lipinski definition) is 4. The van der Waals surface area contributed by atoms with Crippen molar-refractivity contribution in [2.24, 2.45) is 4.99 Å². The molecule has 1 unspecified atom stereocenters. The molecule has 0 aromatic carbocycles. The normalized spacial score (nSPS) is 17.2. The van der Waals surface area contributed by atoms with Crippen LogP contribution in [0.3, 0.4) is 0 Å². The average Bonchev–Trinajstić information content (AvgIpc) is 3.04. The summed E-state index contributed by atoms with van der Waals surface area (Å²) in [5, 5.41) is 19.4. The van der Waals surface area contributed by atoms with Gasteiger partial charge in [-0.25, -0.2) is 4.99 Å². The molecule has 1 aromatic rings. The van der Waals surface area contributed by atoms with Crippen LogP contribution in [0, 0.1) is 0 Å². The van der Waals surface area contributed by atoms with Gasteiger partial charge in [-0.1, -0.05) is 30.9 Å². The molecule has 1 atom stereocenters. The number of nitrogens with one attached hydrogen (secondary N) is 3. The Morgan fingerprint density at radius 2 is 2.12 bits per heavy atom. The van der Waals surface area contributed by atoms with Gasteiger partial charge in [-0.2, -0.15) is 0 Å². The summed E-state index contributed by atoms with van der Waals surface area (Å²) in [6, 6.07) is 3.86. The lowest BCUT2D eigenvalue weighted by atomic mass is 9.95. The fourth-order valence-corrected chi connectivity index (χ4v) is 3.86. The summed E-state index contributed by atoms with van der Waals surface area (Å²) in [7, 11) is 0. The number of aliphatic hydroxyl groups is 1. The highest BCUT2D eigenvalue weighted by molar-refractivity contribution is 7.16. The van der Waals surface area contributed by atoms with Gasteiger partial charge in [-0.15, -0.1) is 11.3 Å². The van der Waals surface area contributed by atoms with E-state index < -0.39 is 6.10 Å². The quantitative estimate of drug-likeness (QED) is 0.428. The third kappa shape index (κ3) is 7.22. The molecular formula is C17H27ClN4O2S. The predicted molar refractivity (Wildman–Crippen MR) is 103 cm³/mol. The Balaban J connectivity index is 1.79. The second-order valence-electron chi connectivity index (χ2n) is 6.14. The Labute approximate surface area is 158 Å². The molecule has 0 spiro atoms. The minimum atomic E-state index is -0.669. The summed E-state index contributed by atoms with van der Waals surface area (Å²) in [6.45, 7) is 3.01. The number of halogens is 1. The molecule has 8 heteroatoms. The first-order chi connectivity index (χ1) is 12.1. The molecule has 140 valence electrons. The SMILES string of the molecule is CCNC(=NCC(=O)NC1CCCCC1)NCC(O)c1ccc(Cl)s1. The first-order valence-electron chi connectivity index (χ1n) is 8.83. The number of hydrogen-bond acceptors (Lipinski definition) is 4. The van der Waals surface area contributed by atoms with Gasteiger partial charge in [0.05, 0.1) is 4.34 Å². The summed E-state index contributed by atoms with van der Waals surface area (Å²) >= 11 is 7.24. The molecule has 25 heavy (non-hydrogen) atoms. The summed E-state index contributed by atoms with van der Waals surface area (Å²) in [4.78, 5) is 17.1. The molecule has 1 fully saturated rings. The lowest BCUT2D eigenvalue weighted by Gasteiger charge is -2.22. The van der Waals surface area contributed by atoms with Crippen molar-refractivity contribution in [3.63, 3.8) is 0 Å². The van der Waals surface area contributed by atoms with Gasteiger partial charge in [0.2, 0.25) is 5.91 Å². The van der Waals surface area contributed by atoms with E-state index in [1.807, 2.05) is 6.92 Å². The largest absolute Gasteiger partial charge is 0.386 e. The van der Waals surface area contributed by atoms with Crippen molar-refractivity contribution in [1.82, 2.24) is 16.0 Å². The van der Waals surface area contributed by atoms with Gasteiger partial charge in [0.1, 0.15) is 12.6 Å². The third-order valence-electron chi connectivity index (χ3n) is 4.08. The standard InChI is InChI=1S/C17H27ClN4O2S/c1-2-19-17(20-10-13(23)14-8-9-15(18)25-14)21-11-16(24)22-12-6-4-3-5-7-12/h8-9,12-13,23H,2-7,10-11H2,1H3,(H,22,24)(H2,19,20,21). The molecule has 0 bridgehead atoms. The van der Waals surface area contributed by atoms with Gasteiger partial charge >= 0.3 is 0 Å². The van der Waals surface area contributed by atoms with E-state index in [0.29, 0.717) is 23.4 Å². The summed E-state index contributed by atoms with van der Waals surface area (Å²) in [5.74, 6) is 0.456. The van der Waals surface area contributed by atoms with Crippen LogP contribution in [0.2, 0.25) is 4.34 Å². The number of carbonyl (C=O) groups is 1. The Morgan fingerprint density at radius 3 is 2.76 bits per heavy atom. The summed E-state index contributed by atoms with van der Waals surface area (Å²) < 4.78 is 0.647. The minimum absolute atomic E-state index is 0.0605. The molecule has 1 heterocycles. The second kappa shape index (κ2) is 10.6. The highest BCUT2D eigenvalue weighted by Crippen LogP contribution is 2.26. The number of amides is 1. The lowest BCUT2D eigenvalue weighted by Crippen LogP contribution is -2.41. The topological polar surface area (TPSA) is 85.8 Å². The van der Waals surface area contributed by atoms with E-state index in [0.717, 1.165) is 17.7 Å². The highest BCUT2D eigenvalue weighted by atomic mass is 35.5.